The molecule has 3 heteroatoms. The highest BCUT2D eigenvalue weighted by Gasteiger charge is 2.27. The summed E-state index contributed by atoms with van der Waals surface area (Å²) >= 11 is 0. The summed E-state index contributed by atoms with van der Waals surface area (Å²) in [4.78, 5) is 15.1. The number of pyridine rings is 1. The summed E-state index contributed by atoms with van der Waals surface area (Å²) in [5.41, 5.74) is 7.28. The molecule has 1 aromatic heterocycles. The van der Waals surface area contributed by atoms with E-state index in [-0.39, 0.29) is 11.8 Å². The van der Waals surface area contributed by atoms with Gasteiger partial charge in [-0.15, -0.1) is 0 Å². The monoisotopic (exact) mass is 162 g/mol. The lowest BCUT2D eigenvalue weighted by atomic mass is 10.1. The molecule has 2 rings (SSSR count). The highest BCUT2D eigenvalue weighted by Crippen LogP contribution is 2.30. The number of rotatable bonds is 1. The summed E-state index contributed by atoms with van der Waals surface area (Å²) < 4.78 is 0. The maximum Gasteiger partial charge on any atom is 0.226 e. The third-order valence-corrected chi connectivity index (χ3v) is 2.30. The van der Waals surface area contributed by atoms with E-state index in [1.54, 1.807) is 6.20 Å². The fourth-order valence-electron chi connectivity index (χ4n) is 1.69. The van der Waals surface area contributed by atoms with Crippen LogP contribution in [0, 0.1) is 0 Å². The van der Waals surface area contributed by atoms with Gasteiger partial charge in [0.05, 0.1) is 11.6 Å². The molecule has 0 unspecified atom stereocenters. The van der Waals surface area contributed by atoms with Crippen LogP contribution in [-0.2, 0) is 11.2 Å². The van der Waals surface area contributed by atoms with Gasteiger partial charge in [0.15, 0.2) is 0 Å². The Balaban J connectivity index is 2.42. The van der Waals surface area contributed by atoms with E-state index in [9.17, 15) is 4.79 Å². The molecule has 0 aromatic carbocycles. The Labute approximate surface area is 70.6 Å². The third-order valence-electron chi connectivity index (χ3n) is 2.30. The van der Waals surface area contributed by atoms with Crippen LogP contribution in [0.25, 0.3) is 0 Å². The van der Waals surface area contributed by atoms with Crippen LogP contribution < -0.4 is 5.73 Å². The van der Waals surface area contributed by atoms with Crippen molar-refractivity contribution < 1.29 is 4.79 Å². The molecule has 0 radical (unpaired) electrons. The van der Waals surface area contributed by atoms with Crippen LogP contribution >= 0.6 is 0 Å². The van der Waals surface area contributed by atoms with E-state index < -0.39 is 0 Å². The number of nitrogens with zero attached hydrogens (tertiary/aromatic N) is 1. The molecule has 1 aliphatic rings. The Morgan fingerprint density at radius 1 is 1.67 bits per heavy atom. The molecule has 1 atom stereocenters. The Morgan fingerprint density at radius 3 is 3.25 bits per heavy atom. The number of fused-ring (bicyclic) bond motifs is 1. The number of aromatic nitrogens is 1. The van der Waals surface area contributed by atoms with Crippen LogP contribution in [-0.4, -0.2) is 10.9 Å². The Kier molecular flexibility index (Phi) is 1.57. The van der Waals surface area contributed by atoms with Gasteiger partial charge in [0.1, 0.15) is 0 Å². The molecule has 0 saturated carbocycles. The van der Waals surface area contributed by atoms with Crippen molar-refractivity contribution in [3.8, 4) is 0 Å². The molecule has 1 aliphatic carbocycles. The largest absolute Gasteiger partial charge is 0.369 e. The summed E-state index contributed by atoms with van der Waals surface area (Å²) in [6.45, 7) is 0. The molecule has 62 valence electrons. The number of hydrogen-bond donors (Lipinski definition) is 1. The molecule has 3 nitrogen and oxygen atoms in total. The lowest BCUT2D eigenvalue weighted by Gasteiger charge is -2.03. The van der Waals surface area contributed by atoms with E-state index in [0.717, 1.165) is 18.5 Å². The molecular formula is C9H10N2O. The second-order valence-corrected chi connectivity index (χ2v) is 3.04. The highest BCUT2D eigenvalue weighted by molar-refractivity contribution is 5.82. The van der Waals surface area contributed by atoms with Crippen molar-refractivity contribution in [1.82, 2.24) is 4.98 Å². The Hall–Kier alpha value is -1.38. The zero-order chi connectivity index (χ0) is 8.55. The number of amides is 1. The average Bonchev–Trinajstić information content (AvgIpc) is 2.47. The smallest absolute Gasteiger partial charge is 0.226 e. The normalized spacial score (nSPS) is 20.5. The predicted octanol–water partition coefficient (Wildman–Crippen LogP) is 0.597. The van der Waals surface area contributed by atoms with Crippen LogP contribution in [0.1, 0.15) is 23.6 Å². The maximum absolute atomic E-state index is 10.9. The first-order chi connectivity index (χ1) is 5.79. The van der Waals surface area contributed by atoms with Gasteiger partial charge in [0, 0.05) is 6.20 Å². The predicted molar refractivity (Wildman–Crippen MR) is 44.5 cm³/mol. The van der Waals surface area contributed by atoms with E-state index in [4.69, 9.17) is 5.73 Å². The average molecular weight is 162 g/mol. The lowest BCUT2D eigenvalue weighted by molar-refractivity contribution is -0.119. The maximum atomic E-state index is 10.9. The van der Waals surface area contributed by atoms with Gasteiger partial charge >= 0.3 is 0 Å². The third kappa shape index (κ3) is 0.978. The molecule has 12 heavy (non-hydrogen) atoms. The highest BCUT2D eigenvalue weighted by atomic mass is 16.1. The van der Waals surface area contributed by atoms with Gasteiger partial charge in [-0.05, 0) is 24.5 Å². The quantitative estimate of drug-likeness (QED) is 0.657. The summed E-state index contributed by atoms with van der Waals surface area (Å²) in [5.74, 6) is -0.409. The second kappa shape index (κ2) is 2.59. The minimum atomic E-state index is -0.257. The molecule has 1 aromatic rings. The number of primary amides is 1. The molecule has 1 amide bonds. The number of nitrogens with two attached hydrogens (primary N) is 1. The van der Waals surface area contributed by atoms with Gasteiger partial charge in [-0.3, -0.25) is 9.78 Å². The minimum absolute atomic E-state index is 0.152. The number of carbonyl (C=O) groups excluding carboxylic acids is 1. The summed E-state index contributed by atoms with van der Waals surface area (Å²) in [5, 5.41) is 0. The van der Waals surface area contributed by atoms with Crippen molar-refractivity contribution in [2.45, 2.75) is 18.8 Å². The Bertz CT molecular complexity index is 322. The van der Waals surface area contributed by atoms with Crippen LogP contribution in [0.4, 0.5) is 0 Å². The molecule has 2 N–H and O–H groups in total. The van der Waals surface area contributed by atoms with Gasteiger partial charge in [-0.25, -0.2) is 0 Å². The zero-order valence-corrected chi connectivity index (χ0v) is 6.66. The SMILES string of the molecule is NC(=O)[C@H]1CCc2cccnc21. The van der Waals surface area contributed by atoms with Crippen LogP contribution in [0.15, 0.2) is 18.3 Å². The summed E-state index contributed by atoms with van der Waals surface area (Å²) in [7, 11) is 0. The first-order valence-corrected chi connectivity index (χ1v) is 4.02. The topological polar surface area (TPSA) is 56.0 Å². The summed E-state index contributed by atoms with van der Waals surface area (Å²) in [6, 6.07) is 3.90. The van der Waals surface area contributed by atoms with Crippen molar-refractivity contribution >= 4 is 5.91 Å². The molecule has 0 aliphatic heterocycles. The van der Waals surface area contributed by atoms with Crippen molar-refractivity contribution in [2.24, 2.45) is 5.73 Å². The number of aryl methyl sites for hydroxylation is 1. The van der Waals surface area contributed by atoms with E-state index in [0.29, 0.717) is 0 Å². The first kappa shape index (κ1) is 7.28. The molecule has 0 spiro atoms. The van der Waals surface area contributed by atoms with Crippen LogP contribution in [0.3, 0.4) is 0 Å². The number of hydrogen-bond acceptors (Lipinski definition) is 2. The van der Waals surface area contributed by atoms with Crippen LogP contribution in [0.5, 0.6) is 0 Å². The molecular weight excluding hydrogens is 152 g/mol. The standard InChI is InChI=1S/C9H10N2O/c10-9(12)7-4-3-6-2-1-5-11-8(6)7/h1-2,5,7H,3-4H2,(H2,10,12)/t7-/m0/s1. The fraction of sp³-hybridized carbons (Fsp3) is 0.333. The summed E-state index contributed by atoms with van der Waals surface area (Å²) in [6.07, 6.45) is 3.46. The number of carbonyl (C=O) groups is 1. The van der Waals surface area contributed by atoms with Crippen LogP contribution in [0.2, 0.25) is 0 Å². The van der Waals surface area contributed by atoms with Crippen molar-refractivity contribution in [2.75, 3.05) is 0 Å². The van der Waals surface area contributed by atoms with Crippen molar-refractivity contribution in [1.29, 1.82) is 0 Å². The van der Waals surface area contributed by atoms with Gasteiger partial charge in [0.25, 0.3) is 0 Å². The molecule has 0 fully saturated rings. The first-order valence-electron chi connectivity index (χ1n) is 4.02. The van der Waals surface area contributed by atoms with Crippen molar-refractivity contribution in [3.05, 3.63) is 29.6 Å². The zero-order valence-electron chi connectivity index (χ0n) is 6.66. The molecule has 0 saturated heterocycles. The molecule has 1 heterocycles. The van der Waals surface area contributed by atoms with E-state index in [1.165, 1.54) is 5.56 Å². The van der Waals surface area contributed by atoms with Gasteiger partial charge in [-0.1, -0.05) is 6.07 Å². The van der Waals surface area contributed by atoms with Crippen molar-refractivity contribution in [3.63, 3.8) is 0 Å². The van der Waals surface area contributed by atoms with E-state index >= 15 is 0 Å². The van der Waals surface area contributed by atoms with Gasteiger partial charge < -0.3 is 5.73 Å². The van der Waals surface area contributed by atoms with E-state index in [1.807, 2.05) is 12.1 Å². The van der Waals surface area contributed by atoms with Gasteiger partial charge in [0.2, 0.25) is 5.91 Å². The second-order valence-electron chi connectivity index (χ2n) is 3.04. The minimum Gasteiger partial charge on any atom is -0.369 e. The van der Waals surface area contributed by atoms with Gasteiger partial charge in [-0.2, -0.15) is 0 Å². The Morgan fingerprint density at radius 2 is 2.50 bits per heavy atom. The fourth-order valence-corrected chi connectivity index (χ4v) is 1.69. The lowest BCUT2D eigenvalue weighted by Crippen LogP contribution is -2.19. The van der Waals surface area contributed by atoms with E-state index in [2.05, 4.69) is 4.98 Å². The molecule has 0 bridgehead atoms.